The third-order valence-corrected chi connectivity index (χ3v) is 2.04. The maximum atomic E-state index is 5.54. The van der Waals surface area contributed by atoms with Crippen LogP contribution < -0.4 is 11.1 Å². The Morgan fingerprint density at radius 3 is 2.62 bits per heavy atom. The van der Waals surface area contributed by atoms with Gasteiger partial charge in [-0.1, -0.05) is 12.1 Å². The Kier molecular flexibility index (Phi) is 2.68. The summed E-state index contributed by atoms with van der Waals surface area (Å²) in [5.41, 5.74) is 7.65. The number of nitrogens with zero attached hydrogens (tertiary/aromatic N) is 3. The summed E-state index contributed by atoms with van der Waals surface area (Å²) in [4.78, 5) is 12.1. The number of aryl methyl sites for hydroxylation is 2. The lowest BCUT2D eigenvalue weighted by atomic mass is 10.2. The minimum absolute atomic E-state index is 0.225. The number of nitrogen functional groups attached to an aromatic ring is 1. The molecule has 0 spiro atoms. The standard InChI is InChI=1S/C11H13N5/c1-7-4-3-5-9(6-7)15-11-14-8(2)13-10(12)16-11/h3-6H,1-2H3,(H3,12,13,14,15,16). The number of nitrogens with two attached hydrogens (primary N) is 1. The van der Waals surface area contributed by atoms with Crippen LogP contribution >= 0.6 is 0 Å². The second-order valence-electron chi connectivity index (χ2n) is 3.56. The van der Waals surface area contributed by atoms with Crippen LogP contribution in [0.1, 0.15) is 11.4 Å². The first-order chi connectivity index (χ1) is 7.63. The van der Waals surface area contributed by atoms with Gasteiger partial charge in [-0.3, -0.25) is 0 Å². The zero-order valence-electron chi connectivity index (χ0n) is 9.23. The van der Waals surface area contributed by atoms with Crippen LogP contribution in [0.25, 0.3) is 0 Å². The highest BCUT2D eigenvalue weighted by molar-refractivity contribution is 5.54. The Morgan fingerprint density at radius 1 is 1.12 bits per heavy atom. The molecule has 16 heavy (non-hydrogen) atoms. The van der Waals surface area contributed by atoms with Gasteiger partial charge < -0.3 is 11.1 Å². The molecule has 1 heterocycles. The summed E-state index contributed by atoms with van der Waals surface area (Å²) in [6.07, 6.45) is 0. The molecule has 5 nitrogen and oxygen atoms in total. The number of nitrogens with one attached hydrogen (secondary N) is 1. The van der Waals surface area contributed by atoms with Gasteiger partial charge in [0.2, 0.25) is 11.9 Å². The Bertz CT molecular complexity index is 489. The highest BCUT2D eigenvalue weighted by Crippen LogP contribution is 2.14. The van der Waals surface area contributed by atoms with Gasteiger partial charge in [-0.25, -0.2) is 0 Å². The monoisotopic (exact) mass is 215 g/mol. The third-order valence-electron chi connectivity index (χ3n) is 2.04. The molecule has 3 N–H and O–H groups in total. The topological polar surface area (TPSA) is 76.7 Å². The van der Waals surface area contributed by atoms with Gasteiger partial charge >= 0.3 is 0 Å². The average Bonchev–Trinajstić information content (AvgIpc) is 2.15. The summed E-state index contributed by atoms with van der Waals surface area (Å²) in [5.74, 6) is 1.29. The smallest absolute Gasteiger partial charge is 0.232 e. The van der Waals surface area contributed by atoms with Gasteiger partial charge in [0.05, 0.1) is 0 Å². The van der Waals surface area contributed by atoms with Gasteiger partial charge in [-0.15, -0.1) is 0 Å². The predicted molar refractivity (Wildman–Crippen MR) is 63.4 cm³/mol. The van der Waals surface area contributed by atoms with Crippen LogP contribution in [0, 0.1) is 13.8 Å². The number of rotatable bonds is 2. The Hall–Kier alpha value is -2.17. The van der Waals surface area contributed by atoms with Gasteiger partial charge in [0, 0.05) is 5.69 Å². The van der Waals surface area contributed by atoms with Crippen LogP contribution in [-0.4, -0.2) is 15.0 Å². The van der Waals surface area contributed by atoms with Crippen molar-refractivity contribution in [1.29, 1.82) is 0 Å². The van der Waals surface area contributed by atoms with Crippen LogP contribution in [0.3, 0.4) is 0 Å². The van der Waals surface area contributed by atoms with E-state index in [0.29, 0.717) is 11.8 Å². The largest absolute Gasteiger partial charge is 0.368 e. The van der Waals surface area contributed by atoms with E-state index in [1.165, 1.54) is 5.56 Å². The average molecular weight is 215 g/mol. The molecule has 82 valence electrons. The number of anilines is 3. The van der Waals surface area contributed by atoms with E-state index >= 15 is 0 Å². The fraction of sp³-hybridized carbons (Fsp3) is 0.182. The van der Waals surface area contributed by atoms with Gasteiger partial charge in [-0.05, 0) is 31.5 Å². The fourth-order valence-corrected chi connectivity index (χ4v) is 1.41. The van der Waals surface area contributed by atoms with E-state index in [1.807, 2.05) is 31.2 Å². The summed E-state index contributed by atoms with van der Waals surface area (Å²) in [7, 11) is 0. The second kappa shape index (κ2) is 4.14. The molecule has 0 saturated heterocycles. The molecule has 2 rings (SSSR count). The van der Waals surface area contributed by atoms with E-state index in [-0.39, 0.29) is 5.95 Å². The molecule has 0 aliphatic heterocycles. The zero-order chi connectivity index (χ0) is 11.5. The Balaban J connectivity index is 2.27. The second-order valence-corrected chi connectivity index (χ2v) is 3.56. The molecule has 0 fully saturated rings. The molecule has 1 aromatic carbocycles. The van der Waals surface area contributed by atoms with Crippen molar-refractivity contribution in [3.63, 3.8) is 0 Å². The van der Waals surface area contributed by atoms with Gasteiger partial charge in [0.1, 0.15) is 5.82 Å². The first-order valence-electron chi connectivity index (χ1n) is 4.95. The van der Waals surface area contributed by atoms with Gasteiger partial charge in [0.25, 0.3) is 0 Å². The van der Waals surface area contributed by atoms with E-state index < -0.39 is 0 Å². The third kappa shape index (κ3) is 2.44. The molecule has 0 aliphatic rings. The van der Waals surface area contributed by atoms with Crippen molar-refractivity contribution in [3.05, 3.63) is 35.7 Å². The summed E-state index contributed by atoms with van der Waals surface area (Å²) in [5, 5.41) is 3.08. The molecule has 0 bridgehead atoms. The summed E-state index contributed by atoms with van der Waals surface area (Å²) in [6.45, 7) is 3.80. The van der Waals surface area contributed by atoms with Crippen molar-refractivity contribution in [3.8, 4) is 0 Å². The van der Waals surface area contributed by atoms with E-state index in [2.05, 4.69) is 20.3 Å². The van der Waals surface area contributed by atoms with E-state index in [1.54, 1.807) is 6.92 Å². The van der Waals surface area contributed by atoms with Crippen LogP contribution in [0.15, 0.2) is 24.3 Å². The van der Waals surface area contributed by atoms with E-state index in [0.717, 1.165) is 5.69 Å². The first-order valence-corrected chi connectivity index (χ1v) is 4.95. The molecule has 0 saturated carbocycles. The van der Waals surface area contributed by atoms with Crippen molar-refractivity contribution < 1.29 is 0 Å². The molecule has 0 unspecified atom stereocenters. The summed E-state index contributed by atoms with van der Waals surface area (Å²) in [6, 6.07) is 7.95. The lowest BCUT2D eigenvalue weighted by molar-refractivity contribution is 0.995. The summed E-state index contributed by atoms with van der Waals surface area (Å²) >= 11 is 0. The van der Waals surface area contributed by atoms with E-state index in [9.17, 15) is 0 Å². The molecular weight excluding hydrogens is 202 g/mol. The lowest BCUT2D eigenvalue weighted by Gasteiger charge is -2.06. The summed E-state index contributed by atoms with van der Waals surface area (Å²) < 4.78 is 0. The first kappa shape index (κ1) is 10.4. The quantitative estimate of drug-likeness (QED) is 0.799. The van der Waals surface area contributed by atoms with Gasteiger partial charge in [0.15, 0.2) is 0 Å². The van der Waals surface area contributed by atoms with Crippen molar-refractivity contribution in [1.82, 2.24) is 15.0 Å². The van der Waals surface area contributed by atoms with Crippen molar-refractivity contribution in [2.24, 2.45) is 0 Å². The van der Waals surface area contributed by atoms with Crippen molar-refractivity contribution >= 4 is 17.6 Å². The van der Waals surface area contributed by atoms with Crippen LogP contribution in [0.5, 0.6) is 0 Å². The lowest BCUT2D eigenvalue weighted by Crippen LogP contribution is -2.04. The van der Waals surface area contributed by atoms with Crippen molar-refractivity contribution in [2.45, 2.75) is 13.8 Å². The molecule has 2 aromatic rings. The van der Waals surface area contributed by atoms with Crippen LogP contribution in [-0.2, 0) is 0 Å². The fourth-order valence-electron chi connectivity index (χ4n) is 1.41. The number of benzene rings is 1. The number of aromatic nitrogens is 3. The SMILES string of the molecule is Cc1cccc(Nc2nc(C)nc(N)n2)c1. The minimum atomic E-state index is 0.225. The normalized spacial score (nSPS) is 10.1. The van der Waals surface area contributed by atoms with Crippen LogP contribution in [0.4, 0.5) is 17.6 Å². The maximum Gasteiger partial charge on any atom is 0.232 e. The maximum absolute atomic E-state index is 5.54. The van der Waals surface area contributed by atoms with Crippen LogP contribution in [0.2, 0.25) is 0 Å². The molecule has 5 heteroatoms. The minimum Gasteiger partial charge on any atom is -0.368 e. The predicted octanol–water partition coefficient (Wildman–Crippen LogP) is 1.81. The van der Waals surface area contributed by atoms with Crippen molar-refractivity contribution in [2.75, 3.05) is 11.1 Å². The molecule has 0 aliphatic carbocycles. The Labute approximate surface area is 93.8 Å². The zero-order valence-corrected chi connectivity index (χ0v) is 9.23. The molecule has 0 radical (unpaired) electrons. The number of hydrogen-bond donors (Lipinski definition) is 2. The molecule has 1 aromatic heterocycles. The van der Waals surface area contributed by atoms with Gasteiger partial charge in [-0.2, -0.15) is 15.0 Å². The highest BCUT2D eigenvalue weighted by atomic mass is 15.2. The molecular formula is C11H13N5. The molecule has 0 atom stereocenters. The molecule has 0 amide bonds. The van der Waals surface area contributed by atoms with E-state index in [4.69, 9.17) is 5.73 Å². The highest BCUT2D eigenvalue weighted by Gasteiger charge is 2.01. The Morgan fingerprint density at radius 2 is 1.94 bits per heavy atom. The number of hydrogen-bond acceptors (Lipinski definition) is 5.